The summed E-state index contributed by atoms with van der Waals surface area (Å²) in [7, 11) is -3.20. The van der Waals surface area contributed by atoms with Crippen LogP contribution in [0.15, 0.2) is 5.16 Å². The van der Waals surface area contributed by atoms with E-state index in [1.54, 1.807) is 6.92 Å². The minimum atomic E-state index is -3.20. The molecule has 0 spiro atoms. The summed E-state index contributed by atoms with van der Waals surface area (Å²) >= 11 is 0. The molecule has 0 amide bonds. The molecule has 1 atom stereocenters. The Kier molecular flexibility index (Phi) is 4.12. The number of hydrogen-bond donors (Lipinski definition) is 1. The van der Waals surface area contributed by atoms with Gasteiger partial charge in [0.05, 0.1) is 5.71 Å². The van der Waals surface area contributed by atoms with Crippen molar-refractivity contribution in [2.24, 2.45) is 10.6 Å². The average molecular weight is 221 g/mol. The minimum Gasteiger partial charge on any atom is -0.411 e. The first-order chi connectivity index (χ1) is 6.14. The Hall–Kier alpha value is -0.580. The first-order valence-corrected chi connectivity index (χ1v) is 6.51. The van der Waals surface area contributed by atoms with E-state index in [0.717, 1.165) is 6.26 Å². The molecule has 0 radical (unpaired) electrons. The highest BCUT2D eigenvalue weighted by atomic mass is 32.2. The Balaban J connectivity index is 5.25. The second-order valence-electron chi connectivity index (χ2n) is 4.46. The zero-order chi connectivity index (χ0) is 11.6. The first kappa shape index (κ1) is 13.4. The van der Waals surface area contributed by atoms with Gasteiger partial charge in [-0.05, 0) is 6.42 Å². The van der Waals surface area contributed by atoms with E-state index in [9.17, 15) is 8.42 Å². The van der Waals surface area contributed by atoms with Crippen LogP contribution < -0.4 is 0 Å². The van der Waals surface area contributed by atoms with E-state index in [4.69, 9.17) is 5.21 Å². The van der Waals surface area contributed by atoms with Gasteiger partial charge in [0, 0.05) is 11.7 Å². The van der Waals surface area contributed by atoms with Crippen LogP contribution in [0.3, 0.4) is 0 Å². The molecule has 0 fully saturated rings. The maximum Gasteiger partial charge on any atom is 0.155 e. The van der Waals surface area contributed by atoms with E-state index in [-0.39, 0.29) is 0 Å². The summed E-state index contributed by atoms with van der Waals surface area (Å²) in [6.07, 6.45) is 1.59. The molecule has 0 heterocycles. The second-order valence-corrected chi connectivity index (χ2v) is 6.69. The van der Waals surface area contributed by atoms with Crippen molar-refractivity contribution < 1.29 is 13.6 Å². The molecule has 1 N–H and O–H groups in total. The van der Waals surface area contributed by atoms with Gasteiger partial charge in [-0.25, -0.2) is 8.42 Å². The van der Waals surface area contributed by atoms with Gasteiger partial charge in [-0.3, -0.25) is 0 Å². The van der Waals surface area contributed by atoms with Gasteiger partial charge >= 0.3 is 0 Å². The highest BCUT2D eigenvalue weighted by Crippen LogP contribution is 2.23. The highest BCUT2D eigenvalue weighted by molar-refractivity contribution is 7.92. The van der Waals surface area contributed by atoms with Crippen molar-refractivity contribution in [3.63, 3.8) is 0 Å². The van der Waals surface area contributed by atoms with Crippen molar-refractivity contribution in [2.75, 3.05) is 6.26 Å². The molecule has 0 aliphatic carbocycles. The topological polar surface area (TPSA) is 66.7 Å². The lowest BCUT2D eigenvalue weighted by molar-refractivity contribution is 0.308. The average Bonchev–Trinajstić information content (AvgIpc) is 1.94. The summed E-state index contributed by atoms with van der Waals surface area (Å²) < 4.78 is 22.8. The third-order valence-corrected chi connectivity index (χ3v) is 3.66. The summed E-state index contributed by atoms with van der Waals surface area (Å²) in [5.41, 5.74) is -0.110. The van der Waals surface area contributed by atoms with Crippen molar-refractivity contribution in [3.8, 4) is 0 Å². The SMILES string of the molecule is CCC(C(=NO)C(C)(C)C)S(C)(=O)=O. The molecule has 0 aromatic rings. The van der Waals surface area contributed by atoms with Crippen molar-refractivity contribution in [1.29, 1.82) is 0 Å². The van der Waals surface area contributed by atoms with Gasteiger partial charge in [0.2, 0.25) is 0 Å². The lowest BCUT2D eigenvalue weighted by atomic mass is 9.87. The van der Waals surface area contributed by atoms with Gasteiger partial charge < -0.3 is 5.21 Å². The summed E-state index contributed by atoms with van der Waals surface area (Å²) in [6, 6.07) is 0. The second kappa shape index (κ2) is 4.29. The van der Waals surface area contributed by atoms with Crippen LogP contribution in [0.5, 0.6) is 0 Å². The van der Waals surface area contributed by atoms with Crippen LogP contribution in [0, 0.1) is 5.41 Å². The molecule has 0 aliphatic heterocycles. The van der Waals surface area contributed by atoms with E-state index >= 15 is 0 Å². The fourth-order valence-corrected chi connectivity index (χ4v) is 2.81. The normalized spacial score (nSPS) is 16.8. The Morgan fingerprint density at radius 2 is 1.86 bits per heavy atom. The number of nitrogens with zero attached hydrogens (tertiary/aromatic N) is 1. The molecular weight excluding hydrogens is 202 g/mol. The quantitative estimate of drug-likeness (QED) is 0.448. The lowest BCUT2D eigenvalue weighted by Crippen LogP contribution is -2.37. The zero-order valence-electron chi connectivity index (χ0n) is 9.40. The summed E-state index contributed by atoms with van der Waals surface area (Å²) in [5.74, 6) is 0. The Morgan fingerprint density at radius 3 is 1.93 bits per heavy atom. The number of sulfone groups is 1. The zero-order valence-corrected chi connectivity index (χ0v) is 10.2. The van der Waals surface area contributed by atoms with Crippen LogP contribution in [0.1, 0.15) is 34.1 Å². The van der Waals surface area contributed by atoms with Crippen molar-refractivity contribution in [3.05, 3.63) is 0 Å². The van der Waals surface area contributed by atoms with Gasteiger partial charge in [-0.15, -0.1) is 0 Å². The fourth-order valence-electron chi connectivity index (χ4n) is 1.40. The summed E-state index contributed by atoms with van der Waals surface area (Å²) in [6.45, 7) is 7.25. The van der Waals surface area contributed by atoms with Crippen LogP contribution in [0.25, 0.3) is 0 Å². The molecule has 0 saturated heterocycles. The van der Waals surface area contributed by atoms with Crippen LogP contribution in [0.4, 0.5) is 0 Å². The van der Waals surface area contributed by atoms with Gasteiger partial charge in [0.25, 0.3) is 0 Å². The molecule has 1 unspecified atom stereocenters. The molecule has 0 rings (SSSR count). The standard InChI is InChI=1S/C9H19NO3S/c1-6-7(14(5,12)13)8(10-11)9(2,3)4/h7,11H,6H2,1-5H3. The van der Waals surface area contributed by atoms with E-state index < -0.39 is 20.5 Å². The van der Waals surface area contributed by atoms with Crippen molar-refractivity contribution >= 4 is 15.5 Å². The lowest BCUT2D eigenvalue weighted by Gasteiger charge is -2.25. The summed E-state index contributed by atoms with van der Waals surface area (Å²) in [5, 5.41) is 11.3. The monoisotopic (exact) mass is 221 g/mol. The Morgan fingerprint density at radius 1 is 1.43 bits per heavy atom. The smallest absolute Gasteiger partial charge is 0.155 e. The maximum atomic E-state index is 11.4. The van der Waals surface area contributed by atoms with E-state index in [0.29, 0.717) is 12.1 Å². The molecule has 0 aromatic heterocycles. The molecule has 0 aliphatic rings. The minimum absolute atomic E-state index is 0.322. The van der Waals surface area contributed by atoms with Crippen molar-refractivity contribution in [2.45, 2.75) is 39.4 Å². The molecule has 0 bridgehead atoms. The molecule has 0 saturated carbocycles. The fraction of sp³-hybridized carbons (Fsp3) is 0.889. The van der Waals surface area contributed by atoms with Gasteiger partial charge in [0.15, 0.2) is 9.84 Å². The van der Waals surface area contributed by atoms with Gasteiger partial charge in [0.1, 0.15) is 5.25 Å². The largest absolute Gasteiger partial charge is 0.411 e. The maximum absolute atomic E-state index is 11.4. The molecule has 84 valence electrons. The van der Waals surface area contributed by atoms with Gasteiger partial charge in [-0.1, -0.05) is 32.9 Å². The summed E-state index contributed by atoms with van der Waals surface area (Å²) in [4.78, 5) is 0. The predicted molar refractivity (Wildman–Crippen MR) is 57.6 cm³/mol. The third kappa shape index (κ3) is 3.29. The molecule has 4 nitrogen and oxygen atoms in total. The van der Waals surface area contributed by atoms with Crippen molar-refractivity contribution in [1.82, 2.24) is 0 Å². The number of oxime groups is 1. The molecule has 5 heteroatoms. The van der Waals surface area contributed by atoms with Crippen LogP contribution in [-0.2, 0) is 9.84 Å². The Labute approximate surface area is 85.9 Å². The Bertz CT molecular complexity index is 311. The first-order valence-electron chi connectivity index (χ1n) is 4.55. The van der Waals surface area contributed by atoms with Crippen LogP contribution in [0.2, 0.25) is 0 Å². The molecule has 14 heavy (non-hydrogen) atoms. The van der Waals surface area contributed by atoms with Gasteiger partial charge in [-0.2, -0.15) is 0 Å². The third-order valence-electron chi connectivity index (χ3n) is 2.07. The number of rotatable bonds is 3. The number of hydrogen-bond acceptors (Lipinski definition) is 4. The predicted octanol–water partition coefficient (Wildman–Crippen LogP) is 1.69. The van der Waals surface area contributed by atoms with Crippen LogP contribution in [-0.4, -0.2) is 30.8 Å². The van der Waals surface area contributed by atoms with E-state index in [1.807, 2.05) is 20.8 Å². The van der Waals surface area contributed by atoms with E-state index in [2.05, 4.69) is 5.16 Å². The molecular formula is C9H19NO3S. The highest BCUT2D eigenvalue weighted by Gasteiger charge is 2.33. The van der Waals surface area contributed by atoms with Crippen LogP contribution >= 0.6 is 0 Å². The molecule has 0 aromatic carbocycles. The van der Waals surface area contributed by atoms with E-state index in [1.165, 1.54) is 0 Å².